The second-order valence-electron chi connectivity index (χ2n) is 23.3. The third-order valence-electron chi connectivity index (χ3n) is 15.3. The van der Waals surface area contributed by atoms with Gasteiger partial charge in [-0.1, -0.05) is 231 Å². The standard InChI is InChI=1S/C67H114N4O15/c1-7-10-13-16-19-22-24-27-30-33-39-44-59(75)70-57(65(78)68-46-47-69-67(79)82-49-55-41-36-35-37-42-55)50-81-66-62(64(84-54(6)74)63(83-53(5)73)58(86-66)51-80-52(4)72)71-60(76)48-56(43-38-32-29-26-21-18-15-12-9-3)85-61(77)45-40-34-31-28-25-23-20-17-14-11-8-2/h35-37,41-42,56-58,62-64,66H,7-34,38-40,43-51H2,1-6H3,(H,68,78)(H,69,79)(H,70,75)(H,71,76)/t56-,57+,58-,62-,63-,64-,66-/m1/s1. The van der Waals surface area contributed by atoms with Crippen molar-refractivity contribution in [3.8, 4) is 0 Å². The molecule has 0 aliphatic carbocycles. The van der Waals surface area contributed by atoms with Crippen molar-refractivity contribution < 1.29 is 71.5 Å². The van der Waals surface area contributed by atoms with E-state index in [1.165, 1.54) is 116 Å². The van der Waals surface area contributed by atoms with Gasteiger partial charge in [0.2, 0.25) is 17.7 Å². The lowest BCUT2D eigenvalue weighted by molar-refractivity contribution is -0.278. The van der Waals surface area contributed by atoms with Crippen molar-refractivity contribution in [1.82, 2.24) is 21.3 Å². The summed E-state index contributed by atoms with van der Waals surface area (Å²) in [5.41, 5.74) is 0.796. The predicted octanol–water partition coefficient (Wildman–Crippen LogP) is 12.8. The van der Waals surface area contributed by atoms with E-state index >= 15 is 0 Å². The summed E-state index contributed by atoms with van der Waals surface area (Å²) in [4.78, 5) is 106. The van der Waals surface area contributed by atoms with Crippen LogP contribution in [0.1, 0.15) is 272 Å². The van der Waals surface area contributed by atoms with E-state index in [0.717, 1.165) is 90.0 Å². The summed E-state index contributed by atoms with van der Waals surface area (Å²) in [6.45, 7) is 8.98. The molecule has 1 saturated heterocycles. The first-order chi connectivity index (χ1) is 41.7. The van der Waals surface area contributed by atoms with Gasteiger partial charge in [-0.2, -0.15) is 0 Å². The van der Waals surface area contributed by atoms with Gasteiger partial charge < -0.3 is 54.4 Å². The summed E-state index contributed by atoms with van der Waals surface area (Å²) in [6, 6.07) is 6.35. The van der Waals surface area contributed by atoms with Crippen LogP contribution in [0.25, 0.3) is 0 Å². The average Bonchev–Trinajstić information content (AvgIpc) is 2.29. The van der Waals surface area contributed by atoms with Crippen LogP contribution >= 0.6 is 0 Å². The molecule has 7 atom stereocenters. The Morgan fingerprint density at radius 2 is 1.00 bits per heavy atom. The number of ether oxygens (including phenoxy) is 7. The second-order valence-corrected chi connectivity index (χ2v) is 23.3. The highest BCUT2D eigenvalue weighted by Gasteiger charge is 2.52. The molecule has 1 fully saturated rings. The first kappa shape index (κ1) is 76.8. The molecule has 0 spiro atoms. The fourth-order valence-electron chi connectivity index (χ4n) is 10.6. The summed E-state index contributed by atoms with van der Waals surface area (Å²) in [5, 5.41) is 11.0. The number of carbonyl (C=O) groups excluding carboxylic acids is 8. The van der Waals surface area contributed by atoms with Crippen molar-refractivity contribution in [2.45, 2.75) is 316 Å². The Bertz CT molecular complexity index is 1990. The number of rotatable bonds is 52. The highest BCUT2D eigenvalue weighted by molar-refractivity contribution is 5.87. The maximum absolute atomic E-state index is 14.5. The number of hydrogen-bond donors (Lipinski definition) is 4. The van der Waals surface area contributed by atoms with Crippen LogP contribution in [0.5, 0.6) is 0 Å². The third kappa shape index (κ3) is 39.5. The van der Waals surface area contributed by atoms with E-state index in [2.05, 4.69) is 42.0 Å². The zero-order valence-electron chi connectivity index (χ0n) is 53.8. The van der Waals surface area contributed by atoms with Gasteiger partial charge in [0, 0.05) is 46.7 Å². The maximum atomic E-state index is 14.5. The fraction of sp³-hybridized carbons (Fsp3) is 0.791. The number of carbonyl (C=O) groups is 8. The van der Waals surface area contributed by atoms with E-state index < -0.39 is 104 Å². The molecule has 19 heteroatoms. The number of benzene rings is 1. The van der Waals surface area contributed by atoms with Crippen LogP contribution < -0.4 is 21.3 Å². The number of unbranched alkanes of at least 4 members (excludes halogenated alkanes) is 28. The van der Waals surface area contributed by atoms with Gasteiger partial charge in [-0.15, -0.1) is 0 Å². The minimum Gasteiger partial charge on any atom is -0.463 e. The molecule has 19 nitrogen and oxygen atoms in total. The molecule has 0 bridgehead atoms. The van der Waals surface area contributed by atoms with Gasteiger partial charge in [0.15, 0.2) is 18.5 Å². The van der Waals surface area contributed by atoms with E-state index in [4.69, 9.17) is 33.2 Å². The van der Waals surface area contributed by atoms with Gasteiger partial charge in [-0.05, 0) is 31.2 Å². The van der Waals surface area contributed by atoms with Crippen molar-refractivity contribution in [3.05, 3.63) is 35.9 Å². The minimum atomic E-state index is -1.59. The van der Waals surface area contributed by atoms with Gasteiger partial charge in [-0.25, -0.2) is 4.79 Å². The van der Waals surface area contributed by atoms with Gasteiger partial charge >= 0.3 is 30.0 Å². The molecule has 4 amide bonds. The monoisotopic (exact) mass is 1210 g/mol. The largest absolute Gasteiger partial charge is 0.463 e. The summed E-state index contributed by atoms with van der Waals surface area (Å²) < 4.78 is 40.9. The molecule has 2 rings (SSSR count). The highest BCUT2D eigenvalue weighted by Crippen LogP contribution is 2.29. The Labute approximate surface area is 516 Å². The highest BCUT2D eigenvalue weighted by atomic mass is 16.7. The van der Waals surface area contributed by atoms with E-state index in [9.17, 15) is 38.4 Å². The molecule has 0 radical (unpaired) electrons. The first-order valence-electron chi connectivity index (χ1n) is 33.4. The van der Waals surface area contributed by atoms with Crippen molar-refractivity contribution in [2.24, 2.45) is 0 Å². The maximum Gasteiger partial charge on any atom is 0.407 e. The number of nitrogens with one attached hydrogen (secondary N) is 4. The molecule has 86 heavy (non-hydrogen) atoms. The van der Waals surface area contributed by atoms with Crippen molar-refractivity contribution in [3.63, 3.8) is 0 Å². The summed E-state index contributed by atoms with van der Waals surface area (Å²) in [7, 11) is 0. The molecule has 0 saturated carbocycles. The van der Waals surface area contributed by atoms with E-state index in [1.54, 1.807) is 0 Å². The number of hydrogen-bond acceptors (Lipinski definition) is 15. The average molecular weight is 1220 g/mol. The normalized spacial score (nSPS) is 17.1. The Kier molecular flexibility index (Phi) is 45.3. The number of alkyl carbamates (subject to hydrolysis) is 1. The quantitative estimate of drug-likeness (QED) is 0.0269. The van der Waals surface area contributed by atoms with Crippen LogP contribution in [0.2, 0.25) is 0 Å². The van der Waals surface area contributed by atoms with E-state index in [1.807, 2.05) is 30.3 Å². The molecule has 1 aliphatic heterocycles. The first-order valence-corrected chi connectivity index (χ1v) is 33.4. The van der Waals surface area contributed by atoms with Gasteiger partial charge in [-0.3, -0.25) is 33.6 Å². The SMILES string of the molecule is CCCCCCCCCCCCCC(=O)N[C@@H](CO[C@@H]1O[C@H](COC(C)=O)[C@@H](OC(C)=O)[C@H](OC(C)=O)[C@H]1NC(=O)C[C@@H](CCCCCCCCCCC)OC(=O)CCCCCCCCCCCCC)C(=O)NCCNC(=O)OCc1ccccc1. The number of amides is 4. The Morgan fingerprint density at radius 3 is 1.51 bits per heavy atom. The lowest BCUT2D eigenvalue weighted by atomic mass is 9.95. The number of esters is 4. The topological polar surface area (TPSA) is 249 Å². The molecule has 4 N–H and O–H groups in total. The molecule has 0 aromatic heterocycles. The zero-order valence-corrected chi connectivity index (χ0v) is 53.8. The Balaban J connectivity index is 2.37. The molecule has 1 heterocycles. The van der Waals surface area contributed by atoms with Crippen LogP contribution in [0, 0.1) is 0 Å². The van der Waals surface area contributed by atoms with Gasteiger partial charge in [0.05, 0.1) is 13.0 Å². The van der Waals surface area contributed by atoms with Crippen LogP contribution in [0.15, 0.2) is 30.3 Å². The fourth-order valence-corrected chi connectivity index (χ4v) is 10.6. The summed E-state index contributed by atoms with van der Waals surface area (Å²) >= 11 is 0. The van der Waals surface area contributed by atoms with Crippen LogP contribution in [0.4, 0.5) is 4.79 Å². The smallest absolute Gasteiger partial charge is 0.407 e. The van der Waals surface area contributed by atoms with Crippen molar-refractivity contribution in [1.29, 1.82) is 0 Å². The van der Waals surface area contributed by atoms with Crippen molar-refractivity contribution >= 4 is 47.7 Å². The lowest BCUT2D eigenvalue weighted by Gasteiger charge is -2.45. The van der Waals surface area contributed by atoms with Crippen molar-refractivity contribution in [2.75, 3.05) is 26.3 Å². The van der Waals surface area contributed by atoms with E-state index in [-0.39, 0.29) is 39.0 Å². The molecular formula is C67H114N4O15. The molecule has 1 aromatic carbocycles. The Morgan fingerprint density at radius 1 is 0.523 bits per heavy atom. The molecular weight excluding hydrogens is 1100 g/mol. The lowest BCUT2D eigenvalue weighted by Crippen LogP contribution is -2.67. The van der Waals surface area contributed by atoms with Gasteiger partial charge in [0.25, 0.3) is 0 Å². The van der Waals surface area contributed by atoms with E-state index in [0.29, 0.717) is 25.7 Å². The second kappa shape index (κ2) is 50.7. The molecule has 492 valence electrons. The Hall–Kier alpha value is -5.30. The van der Waals surface area contributed by atoms with Crippen LogP contribution in [-0.4, -0.2) is 117 Å². The summed E-state index contributed by atoms with van der Waals surface area (Å²) in [6.07, 6.45) is 27.2. The predicted molar refractivity (Wildman–Crippen MR) is 332 cm³/mol. The van der Waals surface area contributed by atoms with Crippen LogP contribution in [-0.2, 0) is 73.3 Å². The molecule has 0 unspecified atom stereocenters. The van der Waals surface area contributed by atoms with Crippen LogP contribution in [0.3, 0.4) is 0 Å². The van der Waals surface area contributed by atoms with Gasteiger partial charge in [0.1, 0.15) is 37.5 Å². The summed E-state index contributed by atoms with van der Waals surface area (Å²) in [5.74, 6) is -4.42. The molecule has 1 aliphatic rings. The molecule has 1 aromatic rings. The zero-order chi connectivity index (χ0) is 62.8. The minimum absolute atomic E-state index is 0.0202. The third-order valence-corrected chi connectivity index (χ3v) is 15.3.